The van der Waals surface area contributed by atoms with Crippen LogP contribution in [0.5, 0.6) is 0 Å². The molecule has 1 N–H and O–H groups in total. The molecule has 0 radical (unpaired) electrons. The van der Waals surface area contributed by atoms with Gasteiger partial charge in [0, 0.05) is 24.7 Å². The molecule has 3 rings (SSSR count). The number of hydrogen-bond acceptors (Lipinski definition) is 3. The minimum Gasteiger partial charge on any atom is -0.339 e. The normalized spacial score (nSPS) is 16.0. The maximum Gasteiger partial charge on any atom is 0.253 e. The van der Waals surface area contributed by atoms with Crippen molar-refractivity contribution in [3.8, 4) is 0 Å². The lowest BCUT2D eigenvalue weighted by atomic mass is 9.86. The Labute approximate surface area is 180 Å². The molecular formula is C24H32N2O3S. The van der Waals surface area contributed by atoms with Crippen molar-refractivity contribution in [2.45, 2.75) is 63.8 Å². The fourth-order valence-electron chi connectivity index (χ4n) is 3.66. The molecule has 0 aliphatic carbocycles. The third kappa shape index (κ3) is 5.10. The summed E-state index contributed by atoms with van der Waals surface area (Å²) in [7, 11) is -3.56. The number of sulfonamides is 1. The number of likely N-dealkylation sites (tertiary alicyclic amines) is 1. The molecule has 0 unspecified atom stereocenters. The Morgan fingerprint density at radius 2 is 1.57 bits per heavy atom. The van der Waals surface area contributed by atoms with Gasteiger partial charge in [0.2, 0.25) is 10.0 Å². The summed E-state index contributed by atoms with van der Waals surface area (Å²) in [5.74, 6) is 0.00549. The van der Waals surface area contributed by atoms with Crippen LogP contribution in [0.3, 0.4) is 0 Å². The smallest absolute Gasteiger partial charge is 0.253 e. The van der Waals surface area contributed by atoms with Crippen LogP contribution in [-0.4, -0.2) is 38.4 Å². The van der Waals surface area contributed by atoms with Crippen molar-refractivity contribution in [3.05, 3.63) is 64.7 Å². The second-order valence-electron chi connectivity index (χ2n) is 9.26. The van der Waals surface area contributed by atoms with Crippen molar-refractivity contribution in [1.29, 1.82) is 0 Å². The maximum absolute atomic E-state index is 12.8. The molecule has 1 saturated heterocycles. The Kier molecular flexibility index (Phi) is 6.39. The topological polar surface area (TPSA) is 66.5 Å². The van der Waals surface area contributed by atoms with Gasteiger partial charge in [-0.05, 0) is 73.1 Å². The van der Waals surface area contributed by atoms with Gasteiger partial charge in [0.15, 0.2) is 0 Å². The highest BCUT2D eigenvalue weighted by atomic mass is 32.2. The summed E-state index contributed by atoms with van der Waals surface area (Å²) in [5, 5.41) is 0. The number of aryl methyl sites for hydroxylation is 2. The Balaban J connectivity index is 1.60. The lowest BCUT2D eigenvalue weighted by Gasteiger charge is -2.32. The van der Waals surface area contributed by atoms with Crippen molar-refractivity contribution >= 4 is 15.9 Å². The van der Waals surface area contributed by atoms with E-state index in [2.05, 4.69) is 25.5 Å². The molecule has 1 heterocycles. The largest absolute Gasteiger partial charge is 0.339 e. The molecule has 0 aromatic heterocycles. The van der Waals surface area contributed by atoms with E-state index in [0.29, 0.717) is 36.4 Å². The second-order valence-corrected chi connectivity index (χ2v) is 11.0. The Morgan fingerprint density at radius 1 is 0.967 bits per heavy atom. The molecule has 6 heteroatoms. The summed E-state index contributed by atoms with van der Waals surface area (Å²) < 4.78 is 28.3. The SMILES string of the molecule is Cc1ccc(S(=O)(=O)NC2CCN(C(=O)c3ccc(C(C)(C)C)cc3)CC2)cc1C. The first kappa shape index (κ1) is 22.5. The molecule has 1 aliphatic rings. The molecule has 1 aliphatic heterocycles. The van der Waals surface area contributed by atoms with E-state index >= 15 is 0 Å². The van der Waals surface area contributed by atoms with E-state index in [-0.39, 0.29) is 17.4 Å². The number of piperidine rings is 1. The minimum absolute atomic E-state index is 0.00549. The molecule has 0 atom stereocenters. The fourth-order valence-corrected chi connectivity index (χ4v) is 5.05. The van der Waals surface area contributed by atoms with Gasteiger partial charge in [-0.25, -0.2) is 13.1 Å². The fraction of sp³-hybridized carbons (Fsp3) is 0.458. The number of rotatable bonds is 4. The summed E-state index contributed by atoms with van der Waals surface area (Å²) in [4.78, 5) is 14.9. The zero-order valence-electron chi connectivity index (χ0n) is 18.5. The van der Waals surface area contributed by atoms with Gasteiger partial charge in [0.1, 0.15) is 0 Å². The van der Waals surface area contributed by atoms with Gasteiger partial charge in [-0.1, -0.05) is 39.0 Å². The number of nitrogens with one attached hydrogen (secondary N) is 1. The van der Waals surface area contributed by atoms with Gasteiger partial charge < -0.3 is 4.90 Å². The van der Waals surface area contributed by atoms with Crippen LogP contribution < -0.4 is 4.72 Å². The average Bonchev–Trinajstić information content (AvgIpc) is 2.69. The first-order valence-corrected chi connectivity index (χ1v) is 11.9. The molecule has 0 bridgehead atoms. The molecule has 5 nitrogen and oxygen atoms in total. The highest BCUT2D eigenvalue weighted by molar-refractivity contribution is 7.89. The zero-order valence-corrected chi connectivity index (χ0v) is 19.3. The summed E-state index contributed by atoms with van der Waals surface area (Å²) in [6.07, 6.45) is 1.21. The molecule has 0 spiro atoms. The summed E-state index contributed by atoms with van der Waals surface area (Å²) in [6.45, 7) is 11.4. The maximum atomic E-state index is 12.8. The monoisotopic (exact) mass is 428 g/mol. The Morgan fingerprint density at radius 3 is 2.10 bits per heavy atom. The average molecular weight is 429 g/mol. The van der Waals surface area contributed by atoms with E-state index in [1.165, 1.54) is 5.56 Å². The van der Waals surface area contributed by atoms with Crippen LogP contribution >= 0.6 is 0 Å². The quantitative estimate of drug-likeness (QED) is 0.794. The zero-order chi connectivity index (χ0) is 22.1. The predicted octanol–water partition coefficient (Wildman–Crippen LogP) is 4.18. The standard InChI is InChI=1S/C24H32N2O3S/c1-17-6-11-22(16-18(17)2)30(28,29)25-21-12-14-26(15-13-21)23(27)19-7-9-20(10-8-19)24(3,4)5/h6-11,16,21,25H,12-15H2,1-5H3. The molecule has 2 aromatic rings. The van der Waals surface area contributed by atoms with Crippen molar-refractivity contribution < 1.29 is 13.2 Å². The van der Waals surface area contributed by atoms with Crippen LogP contribution in [-0.2, 0) is 15.4 Å². The van der Waals surface area contributed by atoms with E-state index in [1.54, 1.807) is 12.1 Å². The molecule has 2 aromatic carbocycles. The van der Waals surface area contributed by atoms with Crippen molar-refractivity contribution in [2.75, 3.05) is 13.1 Å². The van der Waals surface area contributed by atoms with Crippen LogP contribution in [0.1, 0.15) is 60.7 Å². The van der Waals surface area contributed by atoms with E-state index < -0.39 is 10.0 Å². The molecule has 162 valence electrons. The number of hydrogen-bond donors (Lipinski definition) is 1. The van der Waals surface area contributed by atoms with Crippen LogP contribution in [0.4, 0.5) is 0 Å². The van der Waals surface area contributed by atoms with Crippen molar-refractivity contribution in [3.63, 3.8) is 0 Å². The number of nitrogens with zero attached hydrogens (tertiary/aromatic N) is 1. The number of carbonyl (C=O) groups excluding carboxylic acids is 1. The molecule has 1 fully saturated rings. The number of carbonyl (C=O) groups is 1. The summed E-state index contributed by atoms with van der Waals surface area (Å²) in [5.41, 5.74) is 3.94. The van der Waals surface area contributed by atoms with Crippen LogP contribution in [0.15, 0.2) is 47.4 Å². The van der Waals surface area contributed by atoms with Gasteiger partial charge in [-0.15, -0.1) is 0 Å². The Bertz CT molecular complexity index is 1010. The predicted molar refractivity (Wildman–Crippen MR) is 120 cm³/mol. The number of amides is 1. The molecular weight excluding hydrogens is 396 g/mol. The molecule has 0 saturated carbocycles. The van der Waals surface area contributed by atoms with Crippen molar-refractivity contribution in [1.82, 2.24) is 9.62 Å². The lowest BCUT2D eigenvalue weighted by molar-refractivity contribution is 0.0711. The molecule has 1 amide bonds. The third-order valence-corrected chi connectivity index (χ3v) is 7.41. The highest BCUT2D eigenvalue weighted by Gasteiger charge is 2.27. The first-order chi connectivity index (χ1) is 14.0. The van der Waals surface area contributed by atoms with E-state index in [1.807, 2.05) is 49.1 Å². The van der Waals surface area contributed by atoms with Gasteiger partial charge in [0.05, 0.1) is 4.90 Å². The van der Waals surface area contributed by atoms with Crippen LogP contribution in [0.25, 0.3) is 0 Å². The first-order valence-electron chi connectivity index (χ1n) is 10.5. The van der Waals surface area contributed by atoms with Gasteiger partial charge in [-0.3, -0.25) is 4.79 Å². The van der Waals surface area contributed by atoms with E-state index in [4.69, 9.17) is 0 Å². The van der Waals surface area contributed by atoms with E-state index in [9.17, 15) is 13.2 Å². The van der Waals surface area contributed by atoms with Crippen LogP contribution in [0, 0.1) is 13.8 Å². The van der Waals surface area contributed by atoms with Gasteiger partial charge >= 0.3 is 0 Å². The highest BCUT2D eigenvalue weighted by Crippen LogP contribution is 2.23. The minimum atomic E-state index is -3.56. The van der Waals surface area contributed by atoms with Crippen LogP contribution in [0.2, 0.25) is 0 Å². The summed E-state index contributed by atoms with van der Waals surface area (Å²) in [6, 6.07) is 12.8. The number of benzene rings is 2. The van der Waals surface area contributed by atoms with Crippen molar-refractivity contribution in [2.24, 2.45) is 0 Å². The molecule has 30 heavy (non-hydrogen) atoms. The third-order valence-electron chi connectivity index (χ3n) is 5.89. The van der Waals surface area contributed by atoms with E-state index in [0.717, 1.165) is 11.1 Å². The van der Waals surface area contributed by atoms with Gasteiger partial charge in [0.25, 0.3) is 5.91 Å². The summed E-state index contributed by atoms with van der Waals surface area (Å²) >= 11 is 0. The second kappa shape index (κ2) is 8.52. The van der Waals surface area contributed by atoms with Gasteiger partial charge in [-0.2, -0.15) is 0 Å². The Hall–Kier alpha value is -2.18. The lowest BCUT2D eigenvalue weighted by Crippen LogP contribution is -2.46.